The highest BCUT2D eigenvalue weighted by Gasteiger charge is 2.18. The molecule has 3 heteroatoms. The van der Waals surface area contributed by atoms with Crippen molar-refractivity contribution in [2.75, 3.05) is 5.75 Å². The van der Waals surface area contributed by atoms with E-state index in [1.54, 1.807) is 11.8 Å². The predicted octanol–water partition coefficient (Wildman–Crippen LogP) is 5.32. The Bertz CT molecular complexity index is 625. The van der Waals surface area contributed by atoms with Gasteiger partial charge in [0.15, 0.2) is 0 Å². The highest BCUT2D eigenvalue weighted by atomic mass is 32.2. The van der Waals surface area contributed by atoms with Gasteiger partial charge in [0.1, 0.15) is 0 Å². The maximum atomic E-state index is 12.8. The number of carbonyl (C=O) groups is 1. The summed E-state index contributed by atoms with van der Waals surface area (Å²) in [5.74, 6) is 1.48. The fraction of sp³-hybridized carbons (Fsp3) is 0.350. The van der Waals surface area contributed by atoms with Crippen molar-refractivity contribution < 1.29 is 4.79 Å². The van der Waals surface area contributed by atoms with Gasteiger partial charge in [0.05, 0.1) is 11.6 Å². The van der Waals surface area contributed by atoms with E-state index in [2.05, 4.69) is 38.2 Å². The van der Waals surface area contributed by atoms with Crippen molar-refractivity contribution in [3.63, 3.8) is 0 Å². The lowest BCUT2D eigenvalue weighted by Gasteiger charge is -2.22. The van der Waals surface area contributed by atoms with Gasteiger partial charge in [-0.3, -0.25) is 4.79 Å². The second kappa shape index (κ2) is 8.78. The zero-order chi connectivity index (χ0) is 16.7. The molecule has 0 radical (unpaired) electrons. The highest BCUT2D eigenvalue weighted by Crippen LogP contribution is 2.25. The first kappa shape index (κ1) is 17.6. The molecule has 1 atom stereocenters. The Morgan fingerprint density at radius 1 is 1.04 bits per heavy atom. The molecule has 0 fully saturated rings. The SMILES string of the molecule is CCSc1ccccc1C(=O)N[C@H](CC(C)C)c1ccccc1. The normalized spacial score (nSPS) is 12.2. The van der Waals surface area contributed by atoms with E-state index < -0.39 is 0 Å². The fourth-order valence-corrected chi connectivity index (χ4v) is 3.41. The van der Waals surface area contributed by atoms with Crippen LogP contribution in [0.25, 0.3) is 0 Å². The molecule has 23 heavy (non-hydrogen) atoms. The van der Waals surface area contributed by atoms with E-state index in [1.165, 1.54) is 0 Å². The molecule has 0 aliphatic heterocycles. The van der Waals surface area contributed by atoms with Crippen LogP contribution in [0.5, 0.6) is 0 Å². The Kier molecular flexibility index (Phi) is 6.72. The minimum atomic E-state index is 0.0102. The summed E-state index contributed by atoms with van der Waals surface area (Å²) < 4.78 is 0. The number of benzene rings is 2. The molecule has 0 spiro atoms. The average Bonchev–Trinajstić information content (AvgIpc) is 2.55. The van der Waals surface area contributed by atoms with E-state index in [-0.39, 0.29) is 11.9 Å². The molecule has 0 unspecified atom stereocenters. The van der Waals surface area contributed by atoms with Gasteiger partial charge in [-0.05, 0) is 35.8 Å². The molecule has 0 aliphatic carbocycles. The smallest absolute Gasteiger partial charge is 0.252 e. The Morgan fingerprint density at radius 3 is 2.35 bits per heavy atom. The summed E-state index contributed by atoms with van der Waals surface area (Å²) in [7, 11) is 0. The molecule has 2 nitrogen and oxygen atoms in total. The lowest BCUT2D eigenvalue weighted by molar-refractivity contribution is 0.0929. The Balaban J connectivity index is 2.21. The zero-order valence-electron chi connectivity index (χ0n) is 14.1. The molecular weight excluding hydrogens is 302 g/mol. The van der Waals surface area contributed by atoms with Crippen molar-refractivity contribution >= 4 is 17.7 Å². The van der Waals surface area contributed by atoms with Gasteiger partial charge in [0, 0.05) is 4.90 Å². The molecule has 1 N–H and O–H groups in total. The standard InChI is InChI=1S/C20H25NOS/c1-4-23-19-13-9-8-12-17(19)20(22)21-18(14-15(2)3)16-10-6-5-7-11-16/h5-13,15,18H,4,14H2,1-3H3,(H,21,22)/t18-/m1/s1. The van der Waals surface area contributed by atoms with Gasteiger partial charge < -0.3 is 5.32 Å². The van der Waals surface area contributed by atoms with E-state index in [0.29, 0.717) is 5.92 Å². The number of rotatable bonds is 7. The Hall–Kier alpha value is -1.74. The van der Waals surface area contributed by atoms with Crippen molar-refractivity contribution in [3.8, 4) is 0 Å². The molecule has 0 bridgehead atoms. The average molecular weight is 327 g/mol. The molecule has 122 valence electrons. The van der Waals surface area contributed by atoms with Crippen molar-refractivity contribution in [1.29, 1.82) is 0 Å². The molecule has 1 amide bonds. The van der Waals surface area contributed by atoms with Crippen LogP contribution in [0.15, 0.2) is 59.5 Å². The molecule has 0 aliphatic rings. The van der Waals surface area contributed by atoms with Crippen LogP contribution < -0.4 is 5.32 Å². The summed E-state index contributed by atoms with van der Waals surface area (Å²) in [6.07, 6.45) is 0.929. The van der Waals surface area contributed by atoms with Crippen LogP contribution in [-0.4, -0.2) is 11.7 Å². The first-order valence-corrected chi connectivity index (χ1v) is 9.18. The first-order valence-electron chi connectivity index (χ1n) is 8.19. The topological polar surface area (TPSA) is 29.1 Å². The van der Waals surface area contributed by atoms with E-state index >= 15 is 0 Å². The highest BCUT2D eigenvalue weighted by molar-refractivity contribution is 7.99. The zero-order valence-corrected chi connectivity index (χ0v) is 14.9. The maximum Gasteiger partial charge on any atom is 0.252 e. The second-order valence-electron chi connectivity index (χ2n) is 6.00. The molecule has 0 heterocycles. The van der Waals surface area contributed by atoms with E-state index in [0.717, 1.165) is 28.2 Å². The maximum absolute atomic E-state index is 12.8. The summed E-state index contributed by atoms with van der Waals surface area (Å²) >= 11 is 1.71. The summed E-state index contributed by atoms with van der Waals surface area (Å²) in [5, 5.41) is 3.23. The first-order chi connectivity index (χ1) is 11.1. The van der Waals surface area contributed by atoms with Crippen molar-refractivity contribution in [1.82, 2.24) is 5.32 Å². The van der Waals surface area contributed by atoms with Crippen molar-refractivity contribution in [3.05, 3.63) is 65.7 Å². The summed E-state index contributed by atoms with van der Waals surface area (Å²) in [6, 6.07) is 18.1. The van der Waals surface area contributed by atoms with Gasteiger partial charge in [0.25, 0.3) is 5.91 Å². The van der Waals surface area contributed by atoms with Crippen LogP contribution in [0.2, 0.25) is 0 Å². The largest absolute Gasteiger partial charge is 0.345 e. The van der Waals surface area contributed by atoms with Gasteiger partial charge in [-0.15, -0.1) is 11.8 Å². The summed E-state index contributed by atoms with van der Waals surface area (Å²) in [4.78, 5) is 13.8. The third-order valence-electron chi connectivity index (χ3n) is 3.65. The summed E-state index contributed by atoms with van der Waals surface area (Å²) in [6.45, 7) is 6.47. The van der Waals surface area contributed by atoms with Crippen LogP contribution in [0, 0.1) is 5.92 Å². The molecule has 0 saturated heterocycles. The minimum Gasteiger partial charge on any atom is -0.345 e. The molecular formula is C20H25NOS. The van der Waals surface area contributed by atoms with Gasteiger partial charge in [0.2, 0.25) is 0 Å². The molecule has 0 aromatic heterocycles. The number of amides is 1. The molecule has 2 aromatic rings. The van der Waals surface area contributed by atoms with Gasteiger partial charge >= 0.3 is 0 Å². The minimum absolute atomic E-state index is 0.0102. The van der Waals surface area contributed by atoms with Crippen LogP contribution in [0.1, 0.15) is 49.2 Å². The number of carbonyl (C=O) groups excluding carboxylic acids is 1. The van der Waals surface area contributed by atoms with E-state index in [9.17, 15) is 4.79 Å². The van der Waals surface area contributed by atoms with Crippen molar-refractivity contribution in [2.45, 2.75) is 38.1 Å². The molecule has 0 saturated carbocycles. The lowest BCUT2D eigenvalue weighted by Crippen LogP contribution is -2.29. The number of hydrogen-bond donors (Lipinski definition) is 1. The second-order valence-corrected chi connectivity index (χ2v) is 7.30. The number of thioether (sulfide) groups is 1. The quantitative estimate of drug-likeness (QED) is 0.698. The predicted molar refractivity (Wildman–Crippen MR) is 98.9 cm³/mol. The van der Waals surface area contributed by atoms with E-state index in [4.69, 9.17) is 0 Å². The Labute approximate surface area is 143 Å². The summed E-state index contributed by atoms with van der Waals surface area (Å²) in [5.41, 5.74) is 1.93. The number of nitrogens with one attached hydrogen (secondary N) is 1. The molecule has 2 rings (SSSR count). The Morgan fingerprint density at radius 2 is 1.70 bits per heavy atom. The third kappa shape index (κ3) is 5.14. The van der Waals surface area contributed by atoms with Gasteiger partial charge in [-0.2, -0.15) is 0 Å². The van der Waals surface area contributed by atoms with Gasteiger partial charge in [-0.25, -0.2) is 0 Å². The lowest BCUT2D eigenvalue weighted by atomic mass is 9.96. The monoisotopic (exact) mass is 327 g/mol. The molecule has 2 aromatic carbocycles. The fourth-order valence-electron chi connectivity index (χ4n) is 2.61. The third-order valence-corrected chi connectivity index (χ3v) is 4.60. The van der Waals surface area contributed by atoms with Gasteiger partial charge in [-0.1, -0.05) is 63.2 Å². The van der Waals surface area contributed by atoms with E-state index in [1.807, 2.05) is 42.5 Å². The number of hydrogen-bond acceptors (Lipinski definition) is 2. The van der Waals surface area contributed by atoms with Crippen LogP contribution >= 0.6 is 11.8 Å². The van der Waals surface area contributed by atoms with Crippen LogP contribution in [0.4, 0.5) is 0 Å². The van der Waals surface area contributed by atoms with Crippen LogP contribution in [-0.2, 0) is 0 Å². The van der Waals surface area contributed by atoms with Crippen molar-refractivity contribution in [2.24, 2.45) is 5.92 Å². The van der Waals surface area contributed by atoms with Crippen LogP contribution in [0.3, 0.4) is 0 Å².